The van der Waals surface area contributed by atoms with E-state index in [4.69, 9.17) is 5.73 Å². The smallest absolute Gasteiger partial charge is 0.0938 e. The van der Waals surface area contributed by atoms with E-state index in [1.54, 1.807) is 19.3 Å². The summed E-state index contributed by atoms with van der Waals surface area (Å²) in [5.41, 5.74) is 6.40. The van der Waals surface area contributed by atoms with Crippen LogP contribution in [0.5, 0.6) is 0 Å². The number of rotatable bonds is 2. The lowest BCUT2D eigenvalue weighted by molar-refractivity contribution is 0.153. The number of pyridine rings is 1. The molecule has 0 aliphatic rings. The molecule has 0 radical (unpaired) electrons. The third-order valence-electron chi connectivity index (χ3n) is 2.21. The van der Waals surface area contributed by atoms with Crippen molar-refractivity contribution in [1.82, 2.24) is 4.98 Å². The van der Waals surface area contributed by atoms with Crippen LogP contribution in [0, 0.1) is 0 Å². The van der Waals surface area contributed by atoms with Crippen molar-refractivity contribution in [3.05, 3.63) is 66.5 Å². The summed E-state index contributed by atoms with van der Waals surface area (Å²) in [7, 11) is 0. The summed E-state index contributed by atoms with van der Waals surface area (Å²) in [4.78, 5) is 3.78. The van der Waals surface area contributed by atoms with E-state index in [0.717, 1.165) is 5.56 Å². The van der Waals surface area contributed by atoms with Gasteiger partial charge in [0.15, 0.2) is 0 Å². The fraction of sp³-hybridized carbons (Fsp3) is 0.214. The Morgan fingerprint density at radius 3 is 1.88 bits per heavy atom. The van der Waals surface area contributed by atoms with Crippen molar-refractivity contribution in [2.75, 3.05) is 0 Å². The Labute approximate surface area is 102 Å². The Bertz CT molecular complexity index is 363. The first-order valence-electron chi connectivity index (χ1n) is 5.55. The van der Waals surface area contributed by atoms with Crippen LogP contribution < -0.4 is 5.73 Å². The number of hydrogen-bond acceptors (Lipinski definition) is 3. The Hall–Kier alpha value is -1.71. The molecule has 0 spiro atoms. The van der Waals surface area contributed by atoms with Gasteiger partial charge in [-0.3, -0.25) is 4.98 Å². The molecule has 2 rings (SSSR count). The van der Waals surface area contributed by atoms with Crippen LogP contribution in [0.1, 0.15) is 18.6 Å². The molecule has 0 fully saturated rings. The molecule has 0 unspecified atom stereocenters. The molecule has 0 bridgehead atoms. The summed E-state index contributed by atoms with van der Waals surface area (Å²) in [6, 6.07) is 14.9. The van der Waals surface area contributed by atoms with Gasteiger partial charge < -0.3 is 10.8 Å². The summed E-state index contributed by atoms with van der Waals surface area (Å²) < 4.78 is 0. The minimum Gasteiger partial charge on any atom is -0.387 e. The molecule has 1 heterocycles. The van der Waals surface area contributed by atoms with Crippen molar-refractivity contribution < 1.29 is 5.11 Å². The van der Waals surface area contributed by atoms with Gasteiger partial charge in [-0.25, -0.2) is 0 Å². The van der Waals surface area contributed by atoms with Gasteiger partial charge in [0.05, 0.1) is 6.10 Å². The first kappa shape index (κ1) is 13.4. The molecule has 1 aromatic heterocycles. The summed E-state index contributed by atoms with van der Waals surface area (Å²) >= 11 is 0. The summed E-state index contributed by atoms with van der Waals surface area (Å²) in [5.74, 6) is 0. The van der Waals surface area contributed by atoms with E-state index < -0.39 is 6.10 Å². The van der Waals surface area contributed by atoms with E-state index in [0.29, 0.717) is 0 Å². The number of aliphatic hydroxyl groups excluding tert-OH is 1. The molecule has 3 nitrogen and oxygen atoms in total. The number of aromatic nitrogens is 1. The maximum absolute atomic E-state index is 9.47. The fourth-order valence-electron chi connectivity index (χ4n) is 1.27. The van der Waals surface area contributed by atoms with Gasteiger partial charge in [0.1, 0.15) is 0 Å². The first-order valence-corrected chi connectivity index (χ1v) is 5.55. The molecular formula is C14H18N2O. The maximum Gasteiger partial charge on any atom is 0.0938 e. The van der Waals surface area contributed by atoms with E-state index in [1.165, 1.54) is 0 Å². The van der Waals surface area contributed by atoms with Crippen molar-refractivity contribution in [1.29, 1.82) is 0 Å². The highest BCUT2D eigenvalue weighted by Crippen LogP contribution is 2.13. The van der Waals surface area contributed by atoms with Gasteiger partial charge in [0.2, 0.25) is 0 Å². The Morgan fingerprint density at radius 2 is 1.53 bits per heavy atom. The van der Waals surface area contributed by atoms with E-state index in [9.17, 15) is 5.11 Å². The van der Waals surface area contributed by atoms with Crippen LogP contribution in [0.3, 0.4) is 0 Å². The van der Waals surface area contributed by atoms with Crippen LogP contribution in [0.25, 0.3) is 0 Å². The number of nitrogens with two attached hydrogens (primary N) is 1. The summed E-state index contributed by atoms with van der Waals surface area (Å²) in [6.45, 7) is 1.79. The van der Waals surface area contributed by atoms with Gasteiger partial charge in [-0.1, -0.05) is 36.4 Å². The lowest BCUT2D eigenvalue weighted by atomic mass is 10.0. The average molecular weight is 230 g/mol. The van der Waals surface area contributed by atoms with Crippen molar-refractivity contribution in [2.45, 2.75) is 19.1 Å². The largest absolute Gasteiger partial charge is 0.387 e. The van der Waals surface area contributed by atoms with Gasteiger partial charge >= 0.3 is 0 Å². The second-order valence-corrected chi connectivity index (χ2v) is 3.74. The molecular weight excluding hydrogens is 212 g/mol. The van der Waals surface area contributed by atoms with Gasteiger partial charge in [-0.2, -0.15) is 0 Å². The minimum absolute atomic E-state index is 0.211. The first-order chi connectivity index (χ1) is 8.22. The average Bonchev–Trinajstić information content (AvgIpc) is 2.41. The quantitative estimate of drug-likeness (QED) is 0.831. The standard InChI is InChI=1S/C9H13NO.C5H5N/c1-7(10)9(11)8-5-3-2-4-6-8;1-2-4-6-5-3-1/h2-7,9,11H,10H2,1H3;1-5H/t7-,9-;/m1./s1. The van der Waals surface area contributed by atoms with Gasteiger partial charge in [-0.15, -0.1) is 0 Å². The maximum atomic E-state index is 9.47. The lowest BCUT2D eigenvalue weighted by Gasteiger charge is -2.13. The molecule has 0 saturated carbocycles. The zero-order valence-corrected chi connectivity index (χ0v) is 9.90. The highest BCUT2D eigenvalue weighted by atomic mass is 16.3. The van der Waals surface area contributed by atoms with E-state index in [-0.39, 0.29) is 6.04 Å². The molecule has 0 saturated heterocycles. The highest BCUT2D eigenvalue weighted by Gasteiger charge is 2.10. The summed E-state index contributed by atoms with van der Waals surface area (Å²) in [5, 5.41) is 9.47. The number of aliphatic hydroxyl groups is 1. The van der Waals surface area contributed by atoms with Crippen molar-refractivity contribution >= 4 is 0 Å². The number of nitrogens with zero attached hydrogens (tertiary/aromatic N) is 1. The molecule has 0 aliphatic heterocycles. The number of benzene rings is 1. The minimum atomic E-state index is -0.545. The van der Waals surface area contributed by atoms with Crippen LogP contribution in [-0.2, 0) is 0 Å². The second-order valence-electron chi connectivity index (χ2n) is 3.74. The molecule has 0 aliphatic carbocycles. The molecule has 2 aromatic rings. The zero-order valence-electron chi connectivity index (χ0n) is 9.90. The molecule has 3 N–H and O–H groups in total. The van der Waals surface area contributed by atoms with Crippen LogP contribution in [0.15, 0.2) is 60.9 Å². The Morgan fingerprint density at radius 1 is 1.00 bits per heavy atom. The van der Waals surface area contributed by atoms with Crippen LogP contribution in [0.2, 0.25) is 0 Å². The van der Waals surface area contributed by atoms with E-state index in [2.05, 4.69) is 4.98 Å². The zero-order chi connectivity index (χ0) is 12.5. The van der Waals surface area contributed by atoms with E-state index >= 15 is 0 Å². The Kier molecular flexibility index (Phi) is 5.93. The Balaban J connectivity index is 0.000000202. The predicted octanol–water partition coefficient (Wildman–Crippen LogP) is 2.15. The van der Waals surface area contributed by atoms with E-state index in [1.807, 2.05) is 48.5 Å². The monoisotopic (exact) mass is 230 g/mol. The van der Waals surface area contributed by atoms with Gasteiger partial charge in [-0.05, 0) is 24.6 Å². The molecule has 17 heavy (non-hydrogen) atoms. The molecule has 90 valence electrons. The lowest BCUT2D eigenvalue weighted by Crippen LogP contribution is -2.24. The second kappa shape index (κ2) is 7.54. The van der Waals surface area contributed by atoms with Crippen molar-refractivity contribution in [2.24, 2.45) is 5.73 Å². The van der Waals surface area contributed by atoms with Gasteiger partial charge in [0, 0.05) is 18.4 Å². The summed E-state index contributed by atoms with van der Waals surface area (Å²) in [6.07, 6.45) is 2.95. The molecule has 3 heteroatoms. The predicted molar refractivity (Wildman–Crippen MR) is 69.3 cm³/mol. The van der Waals surface area contributed by atoms with Crippen LogP contribution in [-0.4, -0.2) is 16.1 Å². The normalized spacial score (nSPS) is 13.1. The third kappa shape index (κ3) is 5.24. The highest BCUT2D eigenvalue weighted by molar-refractivity contribution is 5.18. The topological polar surface area (TPSA) is 59.1 Å². The SMILES string of the molecule is C[C@@H](N)[C@@H](O)c1ccccc1.c1ccncc1. The molecule has 1 aromatic carbocycles. The third-order valence-corrected chi connectivity index (χ3v) is 2.21. The molecule has 2 atom stereocenters. The fourth-order valence-corrected chi connectivity index (χ4v) is 1.27. The van der Waals surface area contributed by atoms with Crippen LogP contribution >= 0.6 is 0 Å². The van der Waals surface area contributed by atoms with Crippen LogP contribution in [0.4, 0.5) is 0 Å². The molecule has 0 amide bonds. The van der Waals surface area contributed by atoms with Gasteiger partial charge in [0.25, 0.3) is 0 Å². The van der Waals surface area contributed by atoms with Crippen molar-refractivity contribution in [3.8, 4) is 0 Å². The van der Waals surface area contributed by atoms with Crippen molar-refractivity contribution in [3.63, 3.8) is 0 Å². The number of hydrogen-bond donors (Lipinski definition) is 2.